The molecule has 0 bridgehead atoms. The molecule has 0 saturated heterocycles. The first kappa shape index (κ1) is 15.9. The summed E-state index contributed by atoms with van der Waals surface area (Å²) in [6.45, 7) is 1.92. The van der Waals surface area contributed by atoms with E-state index in [1.165, 1.54) is 30.1 Å². The third kappa shape index (κ3) is 3.88. The molecule has 3 aromatic rings. The molecular formula is C17H14N4O2S. The van der Waals surface area contributed by atoms with E-state index in [9.17, 15) is 9.59 Å². The summed E-state index contributed by atoms with van der Waals surface area (Å²) < 4.78 is 0. The number of carbonyl (C=O) groups is 1. The molecule has 1 aromatic carbocycles. The molecule has 24 heavy (non-hydrogen) atoms. The van der Waals surface area contributed by atoms with E-state index in [1.807, 2.05) is 25.1 Å². The second-order valence-electron chi connectivity index (χ2n) is 5.01. The highest BCUT2D eigenvalue weighted by Crippen LogP contribution is 2.28. The minimum absolute atomic E-state index is 0.243. The van der Waals surface area contributed by atoms with Crippen LogP contribution in [0.2, 0.25) is 0 Å². The summed E-state index contributed by atoms with van der Waals surface area (Å²) in [5.74, 6) is -0.277. The summed E-state index contributed by atoms with van der Waals surface area (Å²) >= 11 is 1.45. The maximum atomic E-state index is 12.2. The molecular weight excluding hydrogens is 324 g/mol. The largest absolute Gasteiger partial charge is 0.328 e. The van der Waals surface area contributed by atoms with E-state index in [4.69, 9.17) is 0 Å². The van der Waals surface area contributed by atoms with Gasteiger partial charge in [0.15, 0.2) is 5.16 Å². The summed E-state index contributed by atoms with van der Waals surface area (Å²) in [5.41, 5.74) is 1.79. The van der Waals surface area contributed by atoms with Crippen molar-refractivity contribution in [2.45, 2.75) is 17.0 Å². The average Bonchev–Trinajstić information content (AvgIpc) is 2.59. The summed E-state index contributed by atoms with van der Waals surface area (Å²) in [7, 11) is 0. The van der Waals surface area contributed by atoms with Crippen LogP contribution in [-0.4, -0.2) is 20.9 Å². The number of carbonyl (C=O) groups excluding carboxylic acids is 1. The fourth-order valence-corrected chi connectivity index (χ4v) is 2.84. The number of anilines is 1. The van der Waals surface area contributed by atoms with Gasteiger partial charge in [0.25, 0.3) is 5.91 Å². The second-order valence-corrected chi connectivity index (χ2v) is 6.05. The highest BCUT2D eigenvalue weighted by molar-refractivity contribution is 7.99. The average molecular weight is 338 g/mol. The second kappa shape index (κ2) is 7.10. The lowest BCUT2D eigenvalue weighted by atomic mass is 10.2. The van der Waals surface area contributed by atoms with Crippen LogP contribution >= 0.6 is 11.8 Å². The molecule has 0 unspecified atom stereocenters. The molecule has 0 saturated carbocycles. The minimum Gasteiger partial charge on any atom is -0.328 e. The van der Waals surface area contributed by atoms with Gasteiger partial charge in [-0.1, -0.05) is 0 Å². The summed E-state index contributed by atoms with van der Waals surface area (Å²) in [5, 5.41) is 3.50. The van der Waals surface area contributed by atoms with Gasteiger partial charge in [0, 0.05) is 35.2 Å². The third-order valence-electron chi connectivity index (χ3n) is 3.24. The molecule has 6 nitrogen and oxygen atoms in total. The molecule has 0 fully saturated rings. The fraction of sp³-hybridized carbons (Fsp3) is 0.0588. The number of nitrogens with zero attached hydrogens (tertiary/aromatic N) is 2. The number of aryl methyl sites for hydroxylation is 1. The predicted octanol–water partition coefficient (Wildman–Crippen LogP) is 2.88. The van der Waals surface area contributed by atoms with Crippen molar-refractivity contribution < 1.29 is 4.79 Å². The van der Waals surface area contributed by atoms with E-state index in [0.717, 1.165) is 10.5 Å². The maximum absolute atomic E-state index is 12.2. The predicted molar refractivity (Wildman–Crippen MR) is 92.3 cm³/mol. The number of aromatic amines is 1. The van der Waals surface area contributed by atoms with Crippen LogP contribution in [0.15, 0.2) is 69.8 Å². The van der Waals surface area contributed by atoms with Crippen molar-refractivity contribution in [2.24, 2.45) is 0 Å². The van der Waals surface area contributed by atoms with Crippen molar-refractivity contribution in [1.82, 2.24) is 15.0 Å². The van der Waals surface area contributed by atoms with Gasteiger partial charge in [-0.25, -0.2) is 9.97 Å². The molecule has 2 heterocycles. The third-order valence-corrected chi connectivity index (χ3v) is 4.13. The molecule has 0 spiro atoms. The lowest BCUT2D eigenvalue weighted by Gasteiger charge is -2.10. The molecule has 2 aromatic heterocycles. The number of rotatable bonds is 4. The highest BCUT2D eigenvalue weighted by atomic mass is 32.2. The van der Waals surface area contributed by atoms with Crippen LogP contribution in [-0.2, 0) is 0 Å². The summed E-state index contributed by atoms with van der Waals surface area (Å²) in [6, 6.07) is 10.3. The molecule has 3 rings (SSSR count). The van der Waals surface area contributed by atoms with Gasteiger partial charge < -0.3 is 10.3 Å². The van der Waals surface area contributed by atoms with Crippen LogP contribution in [0.4, 0.5) is 5.69 Å². The quantitative estimate of drug-likeness (QED) is 0.714. The van der Waals surface area contributed by atoms with Gasteiger partial charge in [0.2, 0.25) is 5.56 Å². The van der Waals surface area contributed by atoms with E-state index in [0.29, 0.717) is 16.4 Å². The first-order valence-corrected chi connectivity index (χ1v) is 7.99. The molecule has 2 N–H and O–H groups in total. The fourth-order valence-electron chi connectivity index (χ4n) is 2.03. The first-order chi connectivity index (χ1) is 11.6. The smallest absolute Gasteiger partial charge is 0.257 e. The number of pyridine rings is 1. The Hall–Kier alpha value is -2.93. The minimum atomic E-state index is -0.277. The topological polar surface area (TPSA) is 87.7 Å². The number of aromatic nitrogens is 3. The zero-order valence-electron chi connectivity index (χ0n) is 12.8. The van der Waals surface area contributed by atoms with E-state index in [2.05, 4.69) is 20.3 Å². The Bertz CT molecular complexity index is 905. The van der Waals surface area contributed by atoms with Gasteiger partial charge in [-0.2, -0.15) is 0 Å². The molecule has 0 aliphatic carbocycles. The molecule has 0 atom stereocenters. The van der Waals surface area contributed by atoms with Gasteiger partial charge in [-0.05, 0) is 54.6 Å². The number of nitrogens with one attached hydrogen (secondary N) is 2. The maximum Gasteiger partial charge on any atom is 0.257 e. The molecule has 0 aliphatic heterocycles. The van der Waals surface area contributed by atoms with E-state index in [-0.39, 0.29) is 11.5 Å². The Morgan fingerprint density at radius 2 is 1.96 bits per heavy atom. The van der Waals surface area contributed by atoms with Gasteiger partial charge in [-0.3, -0.25) is 9.59 Å². The number of amides is 1. The van der Waals surface area contributed by atoms with Crippen molar-refractivity contribution >= 4 is 23.4 Å². The van der Waals surface area contributed by atoms with Crippen LogP contribution in [0.3, 0.4) is 0 Å². The first-order valence-electron chi connectivity index (χ1n) is 7.17. The Labute approximate surface area is 142 Å². The van der Waals surface area contributed by atoms with Crippen molar-refractivity contribution in [1.29, 1.82) is 0 Å². The summed E-state index contributed by atoms with van der Waals surface area (Å²) in [4.78, 5) is 35.1. The Morgan fingerprint density at radius 3 is 2.62 bits per heavy atom. The number of hydrogen-bond donors (Lipinski definition) is 2. The van der Waals surface area contributed by atoms with Crippen molar-refractivity contribution in [3.8, 4) is 0 Å². The Balaban J connectivity index is 1.74. The molecule has 120 valence electrons. The van der Waals surface area contributed by atoms with Gasteiger partial charge in [-0.15, -0.1) is 0 Å². The van der Waals surface area contributed by atoms with E-state index in [1.54, 1.807) is 18.5 Å². The van der Waals surface area contributed by atoms with Crippen LogP contribution in [0.25, 0.3) is 0 Å². The monoisotopic (exact) mass is 338 g/mol. The van der Waals surface area contributed by atoms with Crippen molar-refractivity contribution in [3.05, 3.63) is 76.5 Å². The number of H-pyrrole nitrogens is 1. The lowest BCUT2D eigenvalue weighted by Crippen LogP contribution is -2.15. The number of benzene rings is 1. The van der Waals surface area contributed by atoms with Gasteiger partial charge >= 0.3 is 0 Å². The van der Waals surface area contributed by atoms with E-state index >= 15 is 0 Å². The van der Waals surface area contributed by atoms with Gasteiger partial charge in [0.1, 0.15) is 0 Å². The molecule has 0 radical (unpaired) electrons. The molecule has 0 aliphatic rings. The standard InChI is InChI=1S/C17H14N4O2S/c1-11-9-13(24-17-18-7-2-8-19-17)4-5-14(11)21-16(23)12-3-6-15(22)20-10-12/h2-10H,1H3,(H,20,22)(H,21,23). The zero-order chi connectivity index (χ0) is 16.9. The van der Waals surface area contributed by atoms with Crippen LogP contribution in [0.5, 0.6) is 0 Å². The van der Waals surface area contributed by atoms with Gasteiger partial charge in [0.05, 0.1) is 5.56 Å². The Morgan fingerprint density at radius 1 is 1.17 bits per heavy atom. The van der Waals surface area contributed by atoms with E-state index < -0.39 is 0 Å². The van der Waals surface area contributed by atoms with Crippen LogP contribution in [0.1, 0.15) is 15.9 Å². The van der Waals surface area contributed by atoms with Crippen molar-refractivity contribution in [2.75, 3.05) is 5.32 Å². The van der Waals surface area contributed by atoms with Crippen LogP contribution in [0, 0.1) is 6.92 Å². The lowest BCUT2D eigenvalue weighted by molar-refractivity contribution is 0.102. The SMILES string of the molecule is Cc1cc(Sc2ncccn2)ccc1NC(=O)c1ccc(=O)[nH]c1. The number of hydrogen-bond acceptors (Lipinski definition) is 5. The highest BCUT2D eigenvalue weighted by Gasteiger charge is 2.09. The normalized spacial score (nSPS) is 10.4. The molecule has 7 heteroatoms. The van der Waals surface area contributed by atoms with Crippen molar-refractivity contribution in [3.63, 3.8) is 0 Å². The summed E-state index contributed by atoms with van der Waals surface area (Å²) in [6.07, 6.45) is 4.78. The van der Waals surface area contributed by atoms with Crippen LogP contribution < -0.4 is 10.9 Å². The zero-order valence-corrected chi connectivity index (χ0v) is 13.6. The molecule has 1 amide bonds. The Kier molecular flexibility index (Phi) is 4.72.